The Balaban J connectivity index is 2.52. The molecule has 2 aromatic carbocycles. The number of nitrogens with zero attached hydrogens (tertiary/aromatic N) is 2. The van der Waals surface area contributed by atoms with Crippen LogP contribution in [0.4, 0.5) is 11.4 Å². The Hall–Kier alpha value is -2.68. The molecule has 0 saturated heterocycles. The molecule has 3 nitrogen and oxygen atoms in total. The molecule has 1 N–H and O–H groups in total. The highest BCUT2D eigenvalue weighted by Gasteiger charge is 2.08. The smallest absolute Gasteiger partial charge is 0.135 e. The van der Waals surface area contributed by atoms with E-state index in [0.29, 0.717) is 0 Å². The maximum atomic E-state index is 4.93. The average Bonchev–Trinajstić information content (AvgIpc) is 2.57. The van der Waals surface area contributed by atoms with E-state index in [2.05, 4.69) is 74.4 Å². The molecule has 0 atom stereocenters. The summed E-state index contributed by atoms with van der Waals surface area (Å²) in [5.74, 6) is 0.815. The predicted molar refractivity (Wildman–Crippen MR) is 110 cm³/mol. The molecule has 0 amide bonds. The number of para-hydroxylation sites is 1. The quantitative estimate of drug-likeness (QED) is 0.536. The van der Waals surface area contributed by atoms with Gasteiger partial charge in [-0.15, -0.1) is 0 Å². The van der Waals surface area contributed by atoms with Crippen LogP contribution in [0.2, 0.25) is 0 Å². The highest BCUT2D eigenvalue weighted by molar-refractivity contribution is 6.09. The van der Waals surface area contributed by atoms with Crippen LogP contribution >= 0.6 is 0 Å². The highest BCUT2D eigenvalue weighted by Crippen LogP contribution is 2.25. The number of hydrogen-bond donors (Lipinski definition) is 1. The van der Waals surface area contributed by atoms with E-state index in [1.54, 1.807) is 6.21 Å². The molecule has 0 aromatic heterocycles. The number of rotatable bonds is 4. The monoisotopic (exact) mass is 333 g/mol. The average molecular weight is 333 g/mol. The van der Waals surface area contributed by atoms with Crippen molar-refractivity contribution in [3.63, 3.8) is 0 Å². The lowest BCUT2D eigenvalue weighted by molar-refractivity contribution is 1.30. The van der Waals surface area contributed by atoms with Gasteiger partial charge >= 0.3 is 0 Å². The molecule has 0 fully saturated rings. The molecule has 0 unspecified atom stereocenters. The summed E-state index contributed by atoms with van der Waals surface area (Å²) in [5, 5.41) is 3.49. The largest absolute Gasteiger partial charge is 0.340 e. The van der Waals surface area contributed by atoms with Gasteiger partial charge in [0.15, 0.2) is 0 Å². The minimum atomic E-state index is 0.815. The van der Waals surface area contributed by atoms with Crippen molar-refractivity contribution in [1.29, 1.82) is 0 Å². The zero-order valence-corrected chi connectivity index (χ0v) is 16.0. The molecule has 3 heteroatoms. The summed E-state index contributed by atoms with van der Waals surface area (Å²) in [7, 11) is 0. The first-order valence-electron chi connectivity index (χ1n) is 8.56. The van der Waals surface area contributed by atoms with Crippen LogP contribution in [0.15, 0.2) is 58.2 Å². The van der Waals surface area contributed by atoms with E-state index in [0.717, 1.165) is 33.9 Å². The third-order valence-corrected chi connectivity index (χ3v) is 4.09. The van der Waals surface area contributed by atoms with Crippen molar-refractivity contribution in [2.75, 3.05) is 5.32 Å². The van der Waals surface area contributed by atoms with Gasteiger partial charge in [-0.1, -0.05) is 35.9 Å². The van der Waals surface area contributed by atoms with Crippen LogP contribution in [0.1, 0.15) is 36.1 Å². The lowest BCUT2D eigenvalue weighted by atomic mass is 10.1. The molecule has 0 aliphatic heterocycles. The predicted octanol–water partition coefficient (Wildman–Crippen LogP) is 6.06. The van der Waals surface area contributed by atoms with Crippen LogP contribution in [0.5, 0.6) is 0 Å². The summed E-state index contributed by atoms with van der Waals surface area (Å²) in [5.41, 5.74) is 7.81. The number of aliphatic imine (C=N–C) groups is 2. The summed E-state index contributed by atoms with van der Waals surface area (Å²) in [6.07, 6.45) is 3.61. The van der Waals surface area contributed by atoms with E-state index in [-0.39, 0.29) is 0 Å². The SMILES string of the molecule is CC=N/C=C(\C)C(=Nc1c(C)cccc1C)Nc1ccc(C)cc1C. The van der Waals surface area contributed by atoms with Crippen molar-refractivity contribution >= 4 is 23.4 Å². The molecule has 0 aliphatic rings. The molecule has 0 aliphatic carbocycles. The van der Waals surface area contributed by atoms with Crippen LogP contribution in [-0.2, 0) is 0 Å². The van der Waals surface area contributed by atoms with Crippen LogP contribution in [0, 0.1) is 27.7 Å². The minimum Gasteiger partial charge on any atom is -0.340 e. The highest BCUT2D eigenvalue weighted by atomic mass is 15.0. The van der Waals surface area contributed by atoms with Crippen molar-refractivity contribution in [3.05, 3.63) is 70.4 Å². The van der Waals surface area contributed by atoms with Gasteiger partial charge in [0.25, 0.3) is 0 Å². The van der Waals surface area contributed by atoms with Crippen molar-refractivity contribution in [3.8, 4) is 0 Å². The van der Waals surface area contributed by atoms with Crippen LogP contribution in [0.3, 0.4) is 0 Å². The van der Waals surface area contributed by atoms with Crippen molar-refractivity contribution < 1.29 is 0 Å². The molecular weight excluding hydrogens is 306 g/mol. The van der Waals surface area contributed by atoms with Gasteiger partial charge in [-0.05, 0) is 64.3 Å². The summed E-state index contributed by atoms with van der Waals surface area (Å²) in [6.45, 7) is 12.3. The molecule has 0 radical (unpaired) electrons. The first kappa shape index (κ1) is 18.7. The second-order valence-electron chi connectivity index (χ2n) is 6.36. The molecular formula is C22H27N3. The Morgan fingerprint density at radius 3 is 2.24 bits per heavy atom. The normalized spacial score (nSPS) is 12.7. The molecule has 25 heavy (non-hydrogen) atoms. The molecule has 130 valence electrons. The Morgan fingerprint density at radius 1 is 0.960 bits per heavy atom. The number of hydrogen-bond acceptors (Lipinski definition) is 2. The zero-order chi connectivity index (χ0) is 18.4. The van der Waals surface area contributed by atoms with E-state index in [1.165, 1.54) is 11.1 Å². The van der Waals surface area contributed by atoms with E-state index in [4.69, 9.17) is 4.99 Å². The summed E-state index contributed by atoms with van der Waals surface area (Å²) in [4.78, 5) is 9.18. The zero-order valence-electron chi connectivity index (χ0n) is 16.0. The maximum Gasteiger partial charge on any atom is 0.135 e. The van der Waals surface area contributed by atoms with Gasteiger partial charge in [-0.3, -0.25) is 4.99 Å². The molecule has 0 spiro atoms. The van der Waals surface area contributed by atoms with Gasteiger partial charge in [-0.2, -0.15) is 0 Å². The van der Waals surface area contributed by atoms with Gasteiger partial charge in [0.05, 0.1) is 5.69 Å². The fourth-order valence-electron chi connectivity index (χ4n) is 2.64. The Kier molecular flexibility index (Phi) is 6.29. The van der Waals surface area contributed by atoms with Gasteiger partial charge in [-0.25, -0.2) is 4.99 Å². The van der Waals surface area contributed by atoms with Gasteiger partial charge in [0.1, 0.15) is 5.84 Å². The third kappa shape index (κ3) is 4.90. The van der Waals surface area contributed by atoms with Crippen LogP contribution in [-0.4, -0.2) is 12.1 Å². The first-order valence-corrected chi connectivity index (χ1v) is 8.56. The van der Waals surface area contributed by atoms with Crippen molar-refractivity contribution in [1.82, 2.24) is 0 Å². The summed E-state index contributed by atoms with van der Waals surface area (Å²) < 4.78 is 0. The van der Waals surface area contributed by atoms with E-state index in [1.807, 2.05) is 20.0 Å². The number of amidine groups is 1. The lowest BCUT2D eigenvalue weighted by Gasteiger charge is -2.14. The van der Waals surface area contributed by atoms with Gasteiger partial charge in [0.2, 0.25) is 0 Å². The molecule has 0 bridgehead atoms. The van der Waals surface area contributed by atoms with Crippen LogP contribution < -0.4 is 5.32 Å². The fraction of sp³-hybridized carbons (Fsp3) is 0.273. The summed E-state index contributed by atoms with van der Waals surface area (Å²) in [6, 6.07) is 12.6. The number of nitrogens with one attached hydrogen (secondary N) is 1. The minimum absolute atomic E-state index is 0.815. The fourth-order valence-corrected chi connectivity index (χ4v) is 2.64. The number of anilines is 1. The standard InChI is InChI=1S/C22H27N3/c1-7-23-14-19(6)22(24-20-12-11-15(2)13-18(20)5)25-21-16(3)9-8-10-17(21)4/h7-14H,1-6H3,(H,24,25)/b19-14+,23-7?. The third-order valence-electron chi connectivity index (χ3n) is 4.09. The molecule has 0 saturated carbocycles. The second-order valence-corrected chi connectivity index (χ2v) is 6.36. The van der Waals surface area contributed by atoms with E-state index in [9.17, 15) is 0 Å². The van der Waals surface area contributed by atoms with Gasteiger partial charge < -0.3 is 5.32 Å². The molecule has 2 rings (SSSR count). The molecule has 0 heterocycles. The van der Waals surface area contributed by atoms with Gasteiger partial charge in [0, 0.05) is 23.7 Å². The van der Waals surface area contributed by atoms with E-state index < -0.39 is 0 Å². The van der Waals surface area contributed by atoms with E-state index >= 15 is 0 Å². The number of benzene rings is 2. The van der Waals surface area contributed by atoms with Crippen molar-refractivity contribution in [2.24, 2.45) is 9.98 Å². The lowest BCUT2D eigenvalue weighted by Crippen LogP contribution is -2.14. The topological polar surface area (TPSA) is 36.8 Å². The summed E-state index contributed by atoms with van der Waals surface area (Å²) >= 11 is 0. The Labute approximate surface area is 151 Å². The van der Waals surface area contributed by atoms with Crippen molar-refractivity contribution in [2.45, 2.75) is 41.5 Å². The first-order chi connectivity index (χ1) is 11.9. The maximum absolute atomic E-state index is 4.93. The number of aryl methyl sites for hydroxylation is 4. The van der Waals surface area contributed by atoms with Crippen LogP contribution in [0.25, 0.3) is 0 Å². The Bertz CT molecular complexity index is 822. The Morgan fingerprint density at radius 2 is 1.64 bits per heavy atom. The second kappa shape index (κ2) is 8.43. The molecule has 2 aromatic rings.